The van der Waals surface area contributed by atoms with E-state index >= 15 is 0 Å². The lowest BCUT2D eigenvalue weighted by Gasteiger charge is -2.30. The summed E-state index contributed by atoms with van der Waals surface area (Å²) in [7, 11) is -3.86. The summed E-state index contributed by atoms with van der Waals surface area (Å²) in [4.78, 5) is 8.18. The van der Waals surface area contributed by atoms with Gasteiger partial charge < -0.3 is 5.32 Å². The van der Waals surface area contributed by atoms with Gasteiger partial charge in [-0.1, -0.05) is 18.6 Å². The summed E-state index contributed by atoms with van der Waals surface area (Å²) >= 11 is 0. The molecule has 0 saturated heterocycles. The first kappa shape index (κ1) is 23.5. The summed E-state index contributed by atoms with van der Waals surface area (Å²) in [6, 6.07) is 9.32. The molecule has 11 heteroatoms. The summed E-state index contributed by atoms with van der Waals surface area (Å²) in [5, 5.41) is 13.2. The van der Waals surface area contributed by atoms with Crippen LogP contribution in [0, 0.1) is 17.4 Å². The molecule has 0 radical (unpaired) electrons. The third-order valence-electron chi connectivity index (χ3n) is 5.32. The standard InChI is InChI=1S/C21H22F3N5O2S/c22-21(23,24)16-2-1-3-19(12-16)32(30,31)18-6-4-15(5-7-18)13-27-20(28-14-25)29-17-8-10-26-11-9-17/h4-11,16,19H,1-3,12-13H2,(H2,26,27,28,29). The third-order valence-corrected chi connectivity index (χ3v) is 7.55. The molecule has 0 spiro atoms. The first-order valence-electron chi connectivity index (χ1n) is 9.96. The number of anilines is 1. The number of nitriles is 1. The maximum atomic E-state index is 13.1. The van der Waals surface area contributed by atoms with Crippen LogP contribution in [-0.4, -0.2) is 30.8 Å². The summed E-state index contributed by atoms with van der Waals surface area (Å²) in [6.45, 7) is 0.155. The summed E-state index contributed by atoms with van der Waals surface area (Å²) < 4.78 is 64.9. The second-order valence-electron chi connectivity index (χ2n) is 7.48. The normalized spacial score (nSPS) is 19.8. The van der Waals surface area contributed by atoms with Gasteiger partial charge in [0.25, 0.3) is 0 Å². The topological polar surface area (TPSA) is 107 Å². The van der Waals surface area contributed by atoms with Gasteiger partial charge >= 0.3 is 6.18 Å². The number of benzene rings is 1. The minimum Gasteiger partial charge on any atom is -0.325 e. The Hall–Kier alpha value is -3.13. The predicted octanol–water partition coefficient (Wildman–Crippen LogP) is 4.02. The number of alkyl halides is 3. The Labute approximate surface area is 184 Å². The predicted molar refractivity (Wildman–Crippen MR) is 113 cm³/mol. The Morgan fingerprint density at radius 2 is 1.84 bits per heavy atom. The molecule has 2 atom stereocenters. The van der Waals surface area contributed by atoms with E-state index in [4.69, 9.17) is 5.26 Å². The molecule has 170 valence electrons. The van der Waals surface area contributed by atoms with Gasteiger partial charge in [-0.25, -0.2) is 13.4 Å². The van der Waals surface area contributed by atoms with Crippen LogP contribution in [0.2, 0.25) is 0 Å². The monoisotopic (exact) mass is 465 g/mol. The van der Waals surface area contributed by atoms with Gasteiger partial charge in [0.05, 0.1) is 22.6 Å². The maximum absolute atomic E-state index is 13.1. The number of halogens is 3. The van der Waals surface area contributed by atoms with Gasteiger partial charge in [-0.3, -0.25) is 10.3 Å². The SMILES string of the molecule is N#CNC(=NCc1ccc(S(=O)(=O)C2CCCC(C(F)(F)F)C2)cc1)Nc1ccncc1. The molecule has 1 aliphatic carbocycles. The number of sulfone groups is 1. The number of nitrogens with zero attached hydrogens (tertiary/aromatic N) is 3. The van der Waals surface area contributed by atoms with E-state index in [-0.39, 0.29) is 36.7 Å². The molecule has 7 nitrogen and oxygen atoms in total. The second-order valence-corrected chi connectivity index (χ2v) is 9.71. The van der Waals surface area contributed by atoms with Crippen molar-refractivity contribution >= 4 is 21.5 Å². The van der Waals surface area contributed by atoms with Crippen molar-refractivity contribution in [2.24, 2.45) is 10.9 Å². The van der Waals surface area contributed by atoms with Crippen LogP contribution >= 0.6 is 0 Å². The van der Waals surface area contributed by atoms with E-state index in [9.17, 15) is 21.6 Å². The molecule has 1 aromatic heterocycles. The zero-order valence-electron chi connectivity index (χ0n) is 17.0. The Morgan fingerprint density at radius 3 is 2.47 bits per heavy atom. The average Bonchev–Trinajstić information content (AvgIpc) is 2.78. The molecular formula is C21H22F3N5O2S. The zero-order valence-corrected chi connectivity index (χ0v) is 17.8. The van der Waals surface area contributed by atoms with E-state index in [1.165, 1.54) is 12.1 Å². The van der Waals surface area contributed by atoms with Crippen molar-refractivity contribution in [3.05, 3.63) is 54.4 Å². The molecule has 2 N–H and O–H groups in total. The van der Waals surface area contributed by atoms with Crippen molar-refractivity contribution in [1.82, 2.24) is 10.3 Å². The highest BCUT2D eigenvalue weighted by Gasteiger charge is 2.45. The van der Waals surface area contributed by atoms with E-state index in [1.54, 1.807) is 42.9 Å². The first-order valence-corrected chi connectivity index (χ1v) is 11.5. The van der Waals surface area contributed by atoms with Crippen molar-refractivity contribution in [3.8, 4) is 6.19 Å². The van der Waals surface area contributed by atoms with E-state index < -0.39 is 33.6 Å². The fraction of sp³-hybridized carbons (Fsp3) is 0.381. The van der Waals surface area contributed by atoms with Crippen LogP contribution in [0.15, 0.2) is 58.7 Å². The molecule has 1 aliphatic rings. The number of hydrogen-bond donors (Lipinski definition) is 2. The largest absolute Gasteiger partial charge is 0.391 e. The lowest BCUT2D eigenvalue weighted by atomic mass is 9.88. The number of rotatable bonds is 5. The summed E-state index contributed by atoms with van der Waals surface area (Å²) in [5.74, 6) is -1.38. The van der Waals surface area contributed by atoms with Gasteiger partial charge in [0.1, 0.15) is 0 Å². The van der Waals surface area contributed by atoms with Crippen molar-refractivity contribution < 1.29 is 21.6 Å². The molecule has 1 fully saturated rings. The van der Waals surface area contributed by atoms with E-state index in [0.29, 0.717) is 11.3 Å². The number of guanidine groups is 1. The van der Waals surface area contributed by atoms with Gasteiger partial charge in [0.2, 0.25) is 5.96 Å². The van der Waals surface area contributed by atoms with Crippen molar-refractivity contribution in [1.29, 1.82) is 5.26 Å². The Kier molecular flexibility index (Phi) is 7.35. The van der Waals surface area contributed by atoms with Gasteiger partial charge in [0, 0.05) is 18.1 Å². The molecular weight excluding hydrogens is 443 g/mol. The number of hydrogen-bond acceptors (Lipinski definition) is 5. The third kappa shape index (κ3) is 5.97. The van der Waals surface area contributed by atoms with Crippen LogP contribution in [0.3, 0.4) is 0 Å². The highest BCUT2D eigenvalue weighted by molar-refractivity contribution is 7.92. The van der Waals surface area contributed by atoms with Crippen LogP contribution in [0.25, 0.3) is 0 Å². The molecule has 2 aromatic rings. The molecule has 1 heterocycles. The van der Waals surface area contributed by atoms with Crippen LogP contribution in [0.5, 0.6) is 0 Å². The average molecular weight is 466 g/mol. The van der Waals surface area contributed by atoms with Crippen LogP contribution in [-0.2, 0) is 16.4 Å². The second kappa shape index (κ2) is 9.99. The minimum absolute atomic E-state index is 0.00309. The summed E-state index contributed by atoms with van der Waals surface area (Å²) in [5.41, 5.74) is 1.35. The van der Waals surface area contributed by atoms with Crippen molar-refractivity contribution in [2.45, 2.75) is 48.5 Å². The molecule has 3 rings (SSSR count). The molecule has 32 heavy (non-hydrogen) atoms. The number of aliphatic imine (C=N–C) groups is 1. The smallest absolute Gasteiger partial charge is 0.325 e. The number of pyridine rings is 1. The zero-order chi connectivity index (χ0) is 23.2. The number of aromatic nitrogens is 1. The quantitative estimate of drug-likeness (QED) is 0.299. The molecule has 2 unspecified atom stereocenters. The fourth-order valence-corrected chi connectivity index (χ4v) is 5.47. The van der Waals surface area contributed by atoms with E-state index in [2.05, 4.69) is 20.6 Å². The lowest BCUT2D eigenvalue weighted by Crippen LogP contribution is -2.35. The van der Waals surface area contributed by atoms with Crippen LogP contribution in [0.4, 0.5) is 18.9 Å². The van der Waals surface area contributed by atoms with Gasteiger partial charge in [0.15, 0.2) is 16.0 Å². The minimum atomic E-state index is -4.38. The first-order chi connectivity index (χ1) is 15.2. The molecule has 0 aliphatic heterocycles. The van der Waals surface area contributed by atoms with Crippen molar-refractivity contribution in [2.75, 3.05) is 5.32 Å². The fourth-order valence-electron chi connectivity index (χ4n) is 3.61. The van der Waals surface area contributed by atoms with Crippen LogP contribution in [0.1, 0.15) is 31.2 Å². The van der Waals surface area contributed by atoms with Gasteiger partial charge in [-0.15, -0.1) is 0 Å². The Balaban J connectivity index is 1.69. The summed E-state index contributed by atoms with van der Waals surface area (Å²) in [6.07, 6.45) is 0.596. The maximum Gasteiger partial charge on any atom is 0.391 e. The highest BCUT2D eigenvalue weighted by atomic mass is 32.2. The highest BCUT2D eigenvalue weighted by Crippen LogP contribution is 2.40. The number of nitrogens with one attached hydrogen (secondary N) is 2. The molecule has 1 aromatic carbocycles. The van der Waals surface area contributed by atoms with Crippen LogP contribution < -0.4 is 10.6 Å². The lowest BCUT2D eigenvalue weighted by molar-refractivity contribution is -0.181. The van der Waals surface area contributed by atoms with E-state index in [1.807, 2.05) is 0 Å². The molecule has 0 bridgehead atoms. The van der Waals surface area contributed by atoms with Gasteiger partial charge in [-0.05, 0) is 49.1 Å². The van der Waals surface area contributed by atoms with Crippen molar-refractivity contribution in [3.63, 3.8) is 0 Å². The van der Waals surface area contributed by atoms with Gasteiger partial charge in [-0.2, -0.15) is 18.4 Å². The Bertz CT molecular complexity index is 1080. The molecule has 0 amide bonds. The molecule has 1 saturated carbocycles. The van der Waals surface area contributed by atoms with E-state index in [0.717, 1.165) is 0 Å². The Morgan fingerprint density at radius 1 is 1.16 bits per heavy atom.